The molecule has 1 fully saturated rings. The van der Waals surface area contributed by atoms with Gasteiger partial charge in [0.2, 0.25) is 0 Å². The summed E-state index contributed by atoms with van der Waals surface area (Å²) in [4.78, 5) is 0. The molecule has 0 aliphatic heterocycles. The van der Waals surface area contributed by atoms with E-state index >= 15 is 0 Å². The minimum absolute atomic E-state index is 0.458. The maximum absolute atomic E-state index is 9.38. The van der Waals surface area contributed by atoms with E-state index in [4.69, 9.17) is 0 Å². The lowest BCUT2D eigenvalue weighted by Gasteiger charge is -2.23. The van der Waals surface area contributed by atoms with E-state index in [-0.39, 0.29) is 0 Å². The standard InChI is InChI=1S/C17H20N4/c1-17(13-18,20-16-7-8-16)9-10-21-12-15(11-19-21)14-5-3-2-4-6-14/h2-6,11-12,16,20H,7-10H2,1H3. The number of benzene rings is 1. The fourth-order valence-corrected chi connectivity index (χ4v) is 2.44. The average Bonchev–Trinajstić information content (AvgIpc) is 3.19. The van der Waals surface area contributed by atoms with Crippen molar-refractivity contribution in [3.8, 4) is 17.2 Å². The molecular formula is C17H20N4. The highest BCUT2D eigenvalue weighted by Crippen LogP contribution is 2.24. The fourth-order valence-electron chi connectivity index (χ4n) is 2.44. The van der Waals surface area contributed by atoms with Crippen LogP contribution in [0.15, 0.2) is 42.7 Å². The zero-order valence-corrected chi connectivity index (χ0v) is 12.3. The SMILES string of the molecule is CC(C#N)(CCn1cc(-c2ccccc2)cn1)NC1CC1. The maximum Gasteiger partial charge on any atom is 0.105 e. The zero-order valence-electron chi connectivity index (χ0n) is 12.3. The van der Waals surface area contributed by atoms with E-state index in [0.29, 0.717) is 6.04 Å². The number of rotatable bonds is 6. The van der Waals surface area contributed by atoms with E-state index in [2.05, 4.69) is 28.6 Å². The third-order valence-corrected chi connectivity index (χ3v) is 3.93. The van der Waals surface area contributed by atoms with Crippen molar-refractivity contribution < 1.29 is 0 Å². The lowest BCUT2D eigenvalue weighted by molar-refractivity contribution is 0.379. The van der Waals surface area contributed by atoms with Crippen molar-refractivity contribution in [3.63, 3.8) is 0 Å². The van der Waals surface area contributed by atoms with Gasteiger partial charge in [-0.05, 0) is 31.7 Å². The minimum atomic E-state index is -0.458. The lowest BCUT2D eigenvalue weighted by atomic mass is 10.00. The Balaban J connectivity index is 1.63. The highest BCUT2D eigenvalue weighted by atomic mass is 15.3. The molecule has 1 N–H and O–H groups in total. The van der Waals surface area contributed by atoms with Crippen LogP contribution in [0.25, 0.3) is 11.1 Å². The Hall–Kier alpha value is -2.12. The number of aryl methyl sites for hydroxylation is 1. The van der Waals surface area contributed by atoms with Gasteiger partial charge in [0, 0.05) is 24.3 Å². The highest BCUT2D eigenvalue weighted by Gasteiger charge is 2.32. The molecule has 1 heterocycles. The number of hydrogen-bond acceptors (Lipinski definition) is 3. The van der Waals surface area contributed by atoms with Gasteiger partial charge in [-0.3, -0.25) is 10.00 Å². The Morgan fingerprint density at radius 3 is 2.76 bits per heavy atom. The summed E-state index contributed by atoms with van der Waals surface area (Å²) < 4.78 is 1.92. The maximum atomic E-state index is 9.38. The van der Waals surface area contributed by atoms with Crippen molar-refractivity contribution in [1.82, 2.24) is 15.1 Å². The van der Waals surface area contributed by atoms with Crippen molar-refractivity contribution in [3.05, 3.63) is 42.7 Å². The first-order chi connectivity index (χ1) is 10.2. The van der Waals surface area contributed by atoms with E-state index in [1.807, 2.05) is 42.2 Å². The van der Waals surface area contributed by atoms with Gasteiger partial charge in [0.1, 0.15) is 5.54 Å². The molecule has 1 unspecified atom stereocenters. The van der Waals surface area contributed by atoms with Crippen LogP contribution in [0.1, 0.15) is 26.2 Å². The van der Waals surface area contributed by atoms with E-state index in [1.54, 1.807) is 0 Å². The van der Waals surface area contributed by atoms with E-state index in [1.165, 1.54) is 18.4 Å². The molecule has 3 rings (SSSR count). The molecule has 1 atom stereocenters. The summed E-state index contributed by atoms with van der Waals surface area (Å²) in [6.45, 7) is 2.73. The molecule has 1 aromatic heterocycles. The number of hydrogen-bond donors (Lipinski definition) is 1. The number of nitriles is 1. The van der Waals surface area contributed by atoms with Gasteiger partial charge in [-0.15, -0.1) is 0 Å². The summed E-state index contributed by atoms with van der Waals surface area (Å²) in [5.41, 5.74) is 1.83. The molecule has 0 amide bonds. The van der Waals surface area contributed by atoms with Gasteiger partial charge in [-0.25, -0.2) is 0 Å². The second-order valence-corrected chi connectivity index (χ2v) is 5.97. The Labute approximate surface area is 125 Å². The van der Waals surface area contributed by atoms with Crippen molar-refractivity contribution in [2.45, 2.75) is 44.3 Å². The van der Waals surface area contributed by atoms with Crippen molar-refractivity contribution in [2.24, 2.45) is 0 Å². The molecule has 4 nitrogen and oxygen atoms in total. The summed E-state index contributed by atoms with van der Waals surface area (Å²) in [6, 6.07) is 13.2. The summed E-state index contributed by atoms with van der Waals surface area (Å²) in [5, 5.41) is 17.2. The Morgan fingerprint density at radius 1 is 1.33 bits per heavy atom. The largest absolute Gasteiger partial charge is 0.297 e. The topological polar surface area (TPSA) is 53.6 Å². The molecule has 1 aromatic carbocycles. The third-order valence-electron chi connectivity index (χ3n) is 3.93. The summed E-state index contributed by atoms with van der Waals surface area (Å²) >= 11 is 0. The Kier molecular flexibility index (Phi) is 3.76. The predicted octanol–water partition coefficient (Wildman–Crippen LogP) is 2.97. The quantitative estimate of drug-likeness (QED) is 0.885. The molecule has 2 aromatic rings. The van der Waals surface area contributed by atoms with E-state index in [9.17, 15) is 5.26 Å². The van der Waals surface area contributed by atoms with Crippen LogP contribution in [0.3, 0.4) is 0 Å². The molecular weight excluding hydrogens is 260 g/mol. The average molecular weight is 280 g/mol. The Morgan fingerprint density at radius 2 is 2.10 bits per heavy atom. The monoisotopic (exact) mass is 280 g/mol. The van der Waals surface area contributed by atoms with Crippen LogP contribution < -0.4 is 5.32 Å². The molecule has 0 radical (unpaired) electrons. The highest BCUT2D eigenvalue weighted by molar-refractivity contribution is 5.61. The molecule has 0 spiro atoms. The van der Waals surface area contributed by atoms with Gasteiger partial charge in [-0.2, -0.15) is 10.4 Å². The Bertz CT molecular complexity index is 636. The number of aromatic nitrogens is 2. The summed E-state index contributed by atoms with van der Waals surface area (Å²) in [6.07, 6.45) is 7.07. The van der Waals surface area contributed by atoms with Gasteiger partial charge in [0.15, 0.2) is 0 Å². The van der Waals surface area contributed by atoms with Gasteiger partial charge in [0.25, 0.3) is 0 Å². The first-order valence-corrected chi connectivity index (χ1v) is 7.45. The molecule has 1 saturated carbocycles. The predicted molar refractivity (Wildman–Crippen MR) is 82.5 cm³/mol. The van der Waals surface area contributed by atoms with Crippen LogP contribution >= 0.6 is 0 Å². The van der Waals surface area contributed by atoms with E-state index < -0.39 is 5.54 Å². The normalized spacial score (nSPS) is 17.1. The minimum Gasteiger partial charge on any atom is -0.297 e. The number of nitrogens with zero attached hydrogens (tertiary/aromatic N) is 3. The summed E-state index contributed by atoms with van der Waals surface area (Å²) in [7, 11) is 0. The van der Waals surface area contributed by atoms with Crippen molar-refractivity contribution in [2.75, 3.05) is 0 Å². The van der Waals surface area contributed by atoms with Crippen LogP contribution in [0.5, 0.6) is 0 Å². The molecule has 4 heteroatoms. The van der Waals surface area contributed by atoms with Gasteiger partial charge in [-0.1, -0.05) is 30.3 Å². The van der Waals surface area contributed by atoms with Crippen LogP contribution in [0.2, 0.25) is 0 Å². The first kappa shape index (κ1) is 13.8. The molecule has 0 bridgehead atoms. The second-order valence-electron chi connectivity index (χ2n) is 5.97. The molecule has 0 saturated heterocycles. The third kappa shape index (κ3) is 3.50. The number of nitrogens with one attached hydrogen (secondary N) is 1. The molecule has 21 heavy (non-hydrogen) atoms. The molecule has 1 aliphatic rings. The lowest BCUT2D eigenvalue weighted by Crippen LogP contribution is -2.43. The fraction of sp³-hybridized carbons (Fsp3) is 0.412. The van der Waals surface area contributed by atoms with Crippen LogP contribution in [0, 0.1) is 11.3 Å². The van der Waals surface area contributed by atoms with Gasteiger partial charge < -0.3 is 0 Å². The smallest absolute Gasteiger partial charge is 0.105 e. The van der Waals surface area contributed by atoms with Gasteiger partial charge in [0.05, 0.1) is 12.3 Å². The van der Waals surface area contributed by atoms with Gasteiger partial charge >= 0.3 is 0 Å². The van der Waals surface area contributed by atoms with Crippen LogP contribution in [-0.2, 0) is 6.54 Å². The van der Waals surface area contributed by atoms with Crippen molar-refractivity contribution >= 4 is 0 Å². The zero-order chi connectivity index (χ0) is 14.7. The second kappa shape index (κ2) is 5.71. The molecule has 108 valence electrons. The summed E-state index contributed by atoms with van der Waals surface area (Å²) in [5.74, 6) is 0. The van der Waals surface area contributed by atoms with E-state index in [0.717, 1.165) is 18.5 Å². The molecule has 1 aliphatic carbocycles. The van der Waals surface area contributed by atoms with Crippen LogP contribution in [0.4, 0.5) is 0 Å². The van der Waals surface area contributed by atoms with Crippen molar-refractivity contribution in [1.29, 1.82) is 5.26 Å². The first-order valence-electron chi connectivity index (χ1n) is 7.45. The van der Waals surface area contributed by atoms with Crippen LogP contribution in [-0.4, -0.2) is 21.4 Å².